The minimum absolute atomic E-state index is 0.116. The minimum Gasteiger partial charge on any atom is -0.454 e. The van der Waals surface area contributed by atoms with Crippen LogP contribution in [0, 0.1) is 11.3 Å². The van der Waals surface area contributed by atoms with Gasteiger partial charge in [0.25, 0.3) is 0 Å². The summed E-state index contributed by atoms with van der Waals surface area (Å²) in [5.41, 5.74) is 4.49. The first kappa shape index (κ1) is 19.7. The molecule has 0 aliphatic carbocycles. The predicted molar refractivity (Wildman–Crippen MR) is 117 cm³/mol. The summed E-state index contributed by atoms with van der Waals surface area (Å²) in [5.74, 6) is 0.977. The largest absolute Gasteiger partial charge is 0.454 e. The third kappa shape index (κ3) is 3.91. The van der Waals surface area contributed by atoms with Crippen molar-refractivity contribution >= 4 is 28.4 Å². The summed E-state index contributed by atoms with van der Waals surface area (Å²) >= 11 is 1.40. The zero-order chi connectivity index (χ0) is 21.1. The molecule has 0 saturated heterocycles. The van der Waals surface area contributed by atoms with Gasteiger partial charge < -0.3 is 14.8 Å². The zero-order valence-corrected chi connectivity index (χ0v) is 17.4. The molecule has 0 unspecified atom stereocenters. The number of hydrogen-bond acceptors (Lipinski definition) is 7. The van der Waals surface area contributed by atoms with Crippen LogP contribution in [0.1, 0.15) is 34.8 Å². The van der Waals surface area contributed by atoms with Crippen LogP contribution in [0.2, 0.25) is 0 Å². The number of rotatable bonds is 6. The minimum atomic E-state index is -0.116. The summed E-state index contributed by atoms with van der Waals surface area (Å²) in [6.45, 7) is 3.72. The molecule has 0 fully saturated rings. The summed E-state index contributed by atoms with van der Waals surface area (Å²) in [6, 6.07) is 13.8. The van der Waals surface area contributed by atoms with Gasteiger partial charge in [-0.1, -0.05) is 31.2 Å². The molecular weight excluding hydrogens is 398 g/mol. The second-order valence-electron chi connectivity index (χ2n) is 6.71. The van der Waals surface area contributed by atoms with Gasteiger partial charge in [0, 0.05) is 28.8 Å². The molecule has 150 valence electrons. The maximum Gasteiger partial charge on any atom is 0.231 e. The summed E-state index contributed by atoms with van der Waals surface area (Å²) in [6.07, 6.45) is 2.55. The van der Waals surface area contributed by atoms with E-state index in [1.54, 1.807) is 18.3 Å². The first-order valence-electron chi connectivity index (χ1n) is 9.45. The van der Waals surface area contributed by atoms with Crippen molar-refractivity contribution in [2.45, 2.75) is 20.3 Å². The molecule has 1 N–H and O–H groups in total. The molecule has 4 rings (SSSR count). The molecular formula is C23H19N3O3S. The van der Waals surface area contributed by atoms with Crippen LogP contribution in [0.3, 0.4) is 0 Å². The van der Waals surface area contributed by atoms with Gasteiger partial charge in [0.1, 0.15) is 16.6 Å². The maximum atomic E-state index is 12.0. The van der Waals surface area contributed by atoms with Crippen molar-refractivity contribution in [1.82, 2.24) is 4.98 Å². The normalized spacial score (nSPS) is 12.5. The van der Waals surface area contributed by atoms with Crippen molar-refractivity contribution in [3.8, 4) is 28.8 Å². The molecule has 0 amide bonds. The van der Waals surface area contributed by atoms with Gasteiger partial charge in [0.15, 0.2) is 17.3 Å². The summed E-state index contributed by atoms with van der Waals surface area (Å²) < 4.78 is 10.7. The molecule has 0 bridgehead atoms. The Labute approximate surface area is 178 Å². The third-order valence-electron chi connectivity index (χ3n) is 4.78. The number of allylic oxidation sites excluding steroid dienone is 1. The number of ether oxygens (including phenoxy) is 2. The van der Waals surface area contributed by atoms with Crippen LogP contribution in [0.25, 0.3) is 16.8 Å². The lowest BCUT2D eigenvalue weighted by Gasteiger charge is -2.08. The molecule has 30 heavy (non-hydrogen) atoms. The van der Waals surface area contributed by atoms with E-state index in [0.29, 0.717) is 33.3 Å². The summed E-state index contributed by atoms with van der Waals surface area (Å²) in [5, 5.41) is 15.2. The number of benzene rings is 2. The van der Waals surface area contributed by atoms with Crippen molar-refractivity contribution < 1.29 is 14.3 Å². The number of nitrogens with zero attached hydrogens (tertiary/aromatic N) is 2. The van der Waals surface area contributed by atoms with Crippen LogP contribution in [-0.4, -0.2) is 17.6 Å². The number of aryl methyl sites for hydroxylation is 1. The van der Waals surface area contributed by atoms with Crippen LogP contribution in [0.4, 0.5) is 5.69 Å². The van der Waals surface area contributed by atoms with E-state index in [9.17, 15) is 10.1 Å². The fourth-order valence-electron chi connectivity index (χ4n) is 3.09. The maximum absolute atomic E-state index is 12.0. The lowest BCUT2D eigenvalue weighted by Crippen LogP contribution is -2.00. The number of anilines is 1. The van der Waals surface area contributed by atoms with E-state index in [0.717, 1.165) is 17.7 Å². The monoisotopic (exact) mass is 417 g/mol. The number of nitrogens with one attached hydrogen (secondary N) is 1. The van der Waals surface area contributed by atoms with Gasteiger partial charge in [-0.2, -0.15) is 5.26 Å². The highest BCUT2D eigenvalue weighted by Gasteiger charge is 2.19. The van der Waals surface area contributed by atoms with Crippen LogP contribution in [0.5, 0.6) is 11.5 Å². The van der Waals surface area contributed by atoms with Crippen molar-refractivity contribution in [3.05, 3.63) is 64.1 Å². The SMILES string of the molecule is CCc1ccc(-c2csc(/C(C#N)=C/Nc3cc4c(cc3C(C)=O)OCO4)n2)cc1. The quantitative estimate of drug-likeness (QED) is 0.434. The van der Waals surface area contributed by atoms with E-state index in [-0.39, 0.29) is 12.6 Å². The number of carbonyl (C=O) groups excluding carboxylic acids is 1. The Bertz CT molecular complexity index is 1170. The fraction of sp³-hybridized carbons (Fsp3) is 0.174. The molecule has 2 aromatic carbocycles. The Morgan fingerprint density at radius 3 is 2.67 bits per heavy atom. The number of carbonyl (C=O) groups is 1. The number of hydrogen-bond donors (Lipinski definition) is 1. The van der Waals surface area contributed by atoms with Gasteiger partial charge in [-0.3, -0.25) is 4.79 Å². The first-order valence-corrected chi connectivity index (χ1v) is 10.3. The molecule has 1 aliphatic rings. The zero-order valence-electron chi connectivity index (χ0n) is 16.6. The van der Waals surface area contributed by atoms with E-state index in [4.69, 9.17) is 9.47 Å². The first-order chi connectivity index (χ1) is 14.6. The van der Waals surface area contributed by atoms with E-state index in [2.05, 4.69) is 35.4 Å². The van der Waals surface area contributed by atoms with Gasteiger partial charge in [-0.15, -0.1) is 11.3 Å². The standard InChI is InChI=1S/C23H19N3O3S/c1-3-15-4-6-16(7-5-15)20-12-30-23(26-20)17(10-24)11-25-19-9-22-21(28-13-29-22)8-18(19)14(2)27/h4-9,11-12,25H,3,13H2,1-2H3/b17-11+. The van der Waals surface area contributed by atoms with Crippen LogP contribution in [-0.2, 0) is 6.42 Å². The van der Waals surface area contributed by atoms with E-state index < -0.39 is 0 Å². The Balaban J connectivity index is 1.60. The topological polar surface area (TPSA) is 84.2 Å². The van der Waals surface area contributed by atoms with Crippen molar-refractivity contribution in [2.75, 3.05) is 12.1 Å². The molecule has 3 aromatic rings. The number of thiazole rings is 1. The molecule has 1 aliphatic heterocycles. The highest BCUT2D eigenvalue weighted by molar-refractivity contribution is 7.11. The fourth-order valence-corrected chi connectivity index (χ4v) is 3.88. The number of aromatic nitrogens is 1. The lowest BCUT2D eigenvalue weighted by atomic mass is 10.1. The molecule has 6 nitrogen and oxygen atoms in total. The molecule has 0 spiro atoms. The third-order valence-corrected chi connectivity index (χ3v) is 5.65. The second kappa shape index (κ2) is 8.39. The predicted octanol–water partition coefficient (Wildman–Crippen LogP) is 5.28. The Morgan fingerprint density at radius 2 is 2.00 bits per heavy atom. The molecule has 0 radical (unpaired) electrons. The number of ketones is 1. The molecule has 1 aromatic heterocycles. The molecule has 0 saturated carbocycles. The Morgan fingerprint density at radius 1 is 1.27 bits per heavy atom. The summed E-state index contributed by atoms with van der Waals surface area (Å²) in [7, 11) is 0. The number of nitriles is 1. The van der Waals surface area contributed by atoms with E-state index in [1.807, 2.05) is 17.5 Å². The Hall–Kier alpha value is -3.63. The highest BCUT2D eigenvalue weighted by Crippen LogP contribution is 2.37. The van der Waals surface area contributed by atoms with Gasteiger partial charge in [-0.25, -0.2) is 4.98 Å². The molecule has 7 heteroatoms. The Kier molecular flexibility index (Phi) is 5.50. The van der Waals surface area contributed by atoms with Gasteiger partial charge in [0.2, 0.25) is 6.79 Å². The molecule has 0 atom stereocenters. The van der Waals surface area contributed by atoms with Crippen molar-refractivity contribution in [3.63, 3.8) is 0 Å². The smallest absolute Gasteiger partial charge is 0.231 e. The second-order valence-corrected chi connectivity index (χ2v) is 7.57. The van der Waals surface area contributed by atoms with Crippen LogP contribution >= 0.6 is 11.3 Å². The van der Waals surface area contributed by atoms with E-state index in [1.165, 1.54) is 23.8 Å². The van der Waals surface area contributed by atoms with Gasteiger partial charge >= 0.3 is 0 Å². The lowest BCUT2D eigenvalue weighted by molar-refractivity contribution is 0.101. The highest BCUT2D eigenvalue weighted by atomic mass is 32.1. The van der Waals surface area contributed by atoms with Crippen molar-refractivity contribution in [2.24, 2.45) is 0 Å². The van der Waals surface area contributed by atoms with Crippen LogP contribution in [0.15, 0.2) is 48.0 Å². The average Bonchev–Trinajstić information content (AvgIpc) is 3.43. The summed E-state index contributed by atoms with van der Waals surface area (Å²) in [4.78, 5) is 16.6. The van der Waals surface area contributed by atoms with E-state index >= 15 is 0 Å². The van der Waals surface area contributed by atoms with Gasteiger partial charge in [0.05, 0.1) is 11.4 Å². The van der Waals surface area contributed by atoms with Gasteiger partial charge in [-0.05, 0) is 25.0 Å². The number of Topliss-reactive ketones (excluding diaryl/α,β-unsaturated/α-hetero) is 1. The average molecular weight is 417 g/mol. The van der Waals surface area contributed by atoms with Crippen molar-refractivity contribution in [1.29, 1.82) is 5.26 Å². The number of fused-ring (bicyclic) bond motifs is 1. The molecule has 2 heterocycles. The van der Waals surface area contributed by atoms with Crippen LogP contribution < -0.4 is 14.8 Å².